The average molecular weight is 165 g/mol. The molecule has 0 radical (unpaired) electrons. The van der Waals surface area contributed by atoms with E-state index in [0.717, 1.165) is 0 Å². The van der Waals surface area contributed by atoms with Gasteiger partial charge in [-0.05, 0) is 12.1 Å². The number of aromatic nitrogens is 1. The molecule has 0 aromatic carbocycles. The van der Waals surface area contributed by atoms with Crippen LogP contribution < -0.4 is 10.8 Å². The van der Waals surface area contributed by atoms with Crippen LogP contribution in [0.15, 0.2) is 24.4 Å². The Morgan fingerprint density at radius 3 is 2.92 bits per heavy atom. The molecule has 1 aromatic rings. The molecule has 0 aliphatic carbocycles. The Bertz CT molecular complexity index is 261. The summed E-state index contributed by atoms with van der Waals surface area (Å²) in [6.07, 6.45) is 1.38. The van der Waals surface area contributed by atoms with E-state index >= 15 is 0 Å². The lowest BCUT2D eigenvalue weighted by Crippen LogP contribution is -2.27. The van der Waals surface area contributed by atoms with Gasteiger partial charge in [-0.15, -0.1) is 0 Å². The number of aliphatic carboxylic acids is 1. The zero-order chi connectivity index (χ0) is 8.97. The molecule has 0 fully saturated rings. The second-order valence-corrected chi connectivity index (χ2v) is 2.44. The van der Waals surface area contributed by atoms with Crippen LogP contribution in [0.5, 0.6) is 0 Å². The summed E-state index contributed by atoms with van der Waals surface area (Å²) in [6.45, 7) is 0. The second-order valence-electron chi connectivity index (χ2n) is 2.44. The minimum absolute atomic E-state index is 0.197. The maximum absolute atomic E-state index is 10.2. The summed E-state index contributed by atoms with van der Waals surface area (Å²) in [7, 11) is 0. The van der Waals surface area contributed by atoms with Gasteiger partial charge in [-0.2, -0.15) is 0 Å². The van der Waals surface area contributed by atoms with Crippen molar-refractivity contribution in [2.75, 3.05) is 0 Å². The third-order valence-corrected chi connectivity index (χ3v) is 1.45. The molecule has 12 heavy (non-hydrogen) atoms. The third-order valence-electron chi connectivity index (χ3n) is 1.45. The number of nitrogens with two attached hydrogens (primary N) is 1. The molecule has 1 aromatic heterocycles. The van der Waals surface area contributed by atoms with Crippen LogP contribution in [0.2, 0.25) is 0 Å². The molecule has 0 saturated carbocycles. The molecule has 0 aliphatic heterocycles. The molecule has 2 N–H and O–H groups in total. The molecule has 0 spiro atoms. The smallest absolute Gasteiger partial charge is 0.0574 e. The molecule has 0 amide bonds. The lowest BCUT2D eigenvalue weighted by atomic mass is 10.1. The van der Waals surface area contributed by atoms with Crippen molar-refractivity contribution in [1.82, 2.24) is 4.98 Å². The number of carbonyl (C=O) groups is 1. The quantitative estimate of drug-likeness (QED) is 0.637. The van der Waals surface area contributed by atoms with Gasteiger partial charge in [0, 0.05) is 18.6 Å². The number of nitrogens with zero attached hydrogens (tertiary/aromatic N) is 1. The molecular formula is C8H9N2O2-. The van der Waals surface area contributed by atoms with E-state index in [9.17, 15) is 9.90 Å². The minimum Gasteiger partial charge on any atom is -0.550 e. The Labute approximate surface area is 70.0 Å². The zero-order valence-electron chi connectivity index (χ0n) is 6.43. The fourth-order valence-corrected chi connectivity index (χ4v) is 0.879. The van der Waals surface area contributed by atoms with Crippen molar-refractivity contribution in [3.8, 4) is 0 Å². The second kappa shape index (κ2) is 3.82. The van der Waals surface area contributed by atoms with Crippen molar-refractivity contribution in [2.45, 2.75) is 12.5 Å². The van der Waals surface area contributed by atoms with Crippen LogP contribution in [0, 0.1) is 0 Å². The largest absolute Gasteiger partial charge is 0.550 e. The van der Waals surface area contributed by atoms with E-state index in [-0.39, 0.29) is 6.42 Å². The molecule has 4 nitrogen and oxygen atoms in total. The summed E-state index contributed by atoms with van der Waals surface area (Å²) < 4.78 is 0. The molecular weight excluding hydrogens is 156 g/mol. The lowest BCUT2D eigenvalue weighted by Gasteiger charge is -2.10. The minimum atomic E-state index is -1.16. The lowest BCUT2D eigenvalue weighted by molar-refractivity contribution is -0.306. The predicted molar refractivity (Wildman–Crippen MR) is 40.8 cm³/mol. The first-order chi connectivity index (χ1) is 5.70. The van der Waals surface area contributed by atoms with Gasteiger partial charge in [0.1, 0.15) is 0 Å². The highest BCUT2D eigenvalue weighted by Gasteiger charge is 2.05. The highest BCUT2D eigenvalue weighted by Crippen LogP contribution is 2.08. The van der Waals surface area contributed by atoms with Crippen LogP contribution in [0.3, 0.4) is 0 Å². The molecule has 4 heteroatoms. The molecule has 1 atom stereocenters. The number of carboxylic acid groups (broad SMARTS) is 1. The van der Waals surface area contributed by atoms with Crippen LogP contribution in [0.1, 0.15) is 18.2 Å². The Kier molecular flexibility index (Phi) is 2.76. The van der Waals surface area contributed by atoms with Gasteiger partial charge in [-0.1, -0.05) is 6.07 Å². The number of carboxylic acids is 1. The third kappa shape index (κ3) is 2.32. The Hall–Kier alpha value is -1.42. The summed E-state index contributed by atoms with van der Waals surface area (Å²) in [5.74, 6) is -1.16. The first kappa shape index (κ1) is 8.67. The van der Waals surface area contributed by atoms with E-state index in [1.54, 1.807) is 24.4 Å². The van der Waals surface area contributed by atoms with Gasteiger partial charge in [0.15, 0.2) is 0 Å². The first-order valence-corrected chi connectivity index (χ1v) is 3.56. The molecule has 0 saturated heterocycles. The fourth-order valence-electron chi connectivity index (χ4n) is 0.879. The monoisotopic (exact) mass is 165 g/mol. The summed E-state index contributed by atoms with van der Waals surface area (Å²) in [6, 6.07) is 4.62. The van der Waals surface area contributed by atoms with E-state index in [1.807, 2.05) is 0 Å². The van der Waals surface area contributed by atoms with Crippen LogP contribution in [0.4, 0.5) is 0 Å². The van der Waals surface area contributed by atoms with E-state index in [4.69, 9.17) is 5.73 Å². The van der Waals surface area contributed by atoms with Crippen LogP contribution >= 0.6 is 0 Å². The van der Waals surface area contributed by atoms with Gasteiger partial charge in [-0.25, -0.2) is 0 Å². The van der Waals surface area contributed by atoms with E-state index < -0.39 is 12.0 Å². The van der Waals surface area contributed by atoms with Crippen molar-refractivity contribution in [3.63, 3.8) is 0 Å². The maximum Gasteiger partial charge on any atom is 0.0574 e. The maximum atomic E-state index is 10.2. The van der Waals surface area contributed by atoms with Gasteiger partial charge in [0.05, 0.1) is 11.7 Å². The number of carbonyl (C=O) groups excluding carboxylic acids is 1. The van der Waals surface area contributed by atoms with E-state index in [0.29, 0.717) is 5.69 Å². The molecule has 0 bridgehead atoms. The summed E-state index contributed by atoms with van der Waals surface area (Å²) in [5.41, 5.74) is 6.08. The van der Waals surface area contributed by atoms with Gasteiger partial charge < -0.3 is 15.6 Å². The number of hydrogen-bond donors (Lipinski definition) is 1. The van der Waals surface area contributed by atoms with Gasteiger partial charge in [0.2, 0.25) is 0 Å². The van der Waals surface area contributed by atoms with Gasteiger partial charge in [-0.3, -0.25) is 4.98 Å². The molecule has 1 unspecified atom stereocenters. The van der Waals surface area contributed by atoms with Crippen molar-refractivity contribution < 1.29 is 9.90 Å². The van der Waals surface area contributed by atoms with Crippen molar-refractivity contribution in [3.05, 3.63) is 30.1 Å². The van der Waals surface area contributed by atoms with Crippen molar-refractivity contribution in [1.29, 1.82) is 0 Å². The highest BCUT2D eigenvalue weighted by molar-refractivity contribution is 5.65. The Morgan fingerprint density at radius 2 is 2.42 bits per heavy atom. The highest BCUT2D eigenvalue weighted by atomic mass is 16.4. The molecule has 1 rings (SSSR count). The molecule has 0 aliphatic rings. The zero-order valence-corrected chi connectivity index (χ0v) is 6.43. The van der Waals surface area contributed by atoms with E-state index in [1.165, 1.54) is 0 Å². The standard InChI is InChI=1S/C8H10N2O2/c9-6(5-8(11)12)7-3-1-2-4-10-7/h1-4,6H,5,9H2,(H,11,12)/p-1. The average Bonchev–Trinajstić information content (AvgIpc) is 2.05. The number of hydrogen-bond acceptors (Lipinski definition) is 4. The van der Waals surface area contributed by atoms with Gasteiger partial charge >= 0.3 is 0 Å². The fraction of sp³-hybridized carbons (Fsp3) is 0.250. The van der Waals surface area contributed by atoms with Crippen molar-refractivity contribution in [2.24, 2.45) is 5.73 Å². The van der Waals surface area contributed by atoms with Crippen LogP contribution in [-0.2, 0) is 4.79 Å². The molecule has 64 valence electrons. The first-order valence-electron chi connectivity index (χ1n) is 3.56. The van der Waals surface area contributed by atoms with Gasteiger partial charge in [0.25, 0.3) is 0 Å². The SMILES string of the molecule is NC(CC(=O)[O-])c1ccccn1. The Balaban J connectivity index is 2.65. The van der Waals surface area contributed by atoms with Crippen LogP contribution in [-0.4, -0.2) is 11.0 Å². The Morgan fingerprint density at radius 1 is 1.67 bits per heavy atom. The predicted octanol–water partition coefficient (Wildman–Crippen LogP) is -0.779. The summed E-state index contributed by atoms with van der Waals surface area (Å²) >= 11 is 0. The van der Waals surface area contributed by atoms with Crippen LogP contribution in [0.25, 0.3) is 0 Å². The number of rotatable bonds is 3. The summed E-state index contributed by atoms with van der Waals surface area (Å²) in [4.78, 5) is 14.1. The normalized spacial score (nSPS) is 12.4. The number of pyridine rings is 1. The van der Waals surface area contributed by atoms with E-state index in [2.05, 4.69) is 4.98 Å². The van der Waals surface area contributed by atoms with Crippen molar-refractivity contribution >= 4 is 5.97 Å². The topological polar surface area (TPSA) is 79.0 Å². The molecule has 1 heterocycles. The summed E-state index contributed by atoms with van der Waals surface area (Å²) in [5, 5.41) is 10.2.